The van der Waals surface area contributed by atoms with E-state index >= 15 is 0 Å². The summed E-state index contributed by atoms with van der Waals surface area (Å²) < 4.78 is 17.2. The van der Waals surface area contributed by atoms with E-state index in [2.05, 4.69) is 14.8 Å². The van der Waals surface area contributed by atoms with Crippen molar-refractivity contribution in [3.8, 4) is 16.6 Å². The molecule has 1 fully saturated rings. The van der Waals surface area contributed by atoms with E-state index in [0.717, 1.165) is 55.1 Å². The van der Waals surface area contributed by atoms with Crippen LogP contribution >= 0.6 is 11.3 Å². The van der Waals surface area contributed by atoms with E-state index in [4.69, 9.17) is 14.2 Å². The average Bonchev–Trinajstić information content (AvgIpc) is 3.11. The quantitative estimate of drug-likeness (QED) is 0.844. The van der Waals surface area contributed by atoms with Crippen LogP contribution in [0.4, 0.5) is 5.82 Å². The van der Waals surface area contributed by atoms with Gasteiger partial charge in [0.1, 0.15) is 12.7 Å². The Kier molecular flexibility index (Phi) is 4.44. The number of fused-ring (bicyclic) bond motifs is 1. The summed E-state index contributed by atoms with van der Waals surface area (Å²) in [6.07, 6.45) is 0.0836. The van der Waals surface area contributed by atoms with Gasteiger partial charge in [0.25, 0.3) is 0 Å². The number of methoxy groups -OCH3 is 1. The molecule has 6 nitrogen and oxygen atoms in total. The van der Waals surface area contributed by atoms with Crippen LogP contribution in [0.5, 0.6) is 16.6 Å². The predicted octanol–water partition coefficient (Wildman–Crippen LogP) is 2.11. The number of piperazine rings is 1. The van der Waals surface area contributed by atoms with Crippen molar-refractivity contribution in [2.75, 3.05) is 51.3 Å². The molecular formula is C17H21N3O3S. The first-order valence-electron chi connectivity index (χ1n) is 8.17. The molecule has 3 heterocycles. The van der Waals surface area contributed by atoms with Crippen LogP contribution in [0.1, 0.15) is 0 Å². The van der Waals surface area contributed by atoms with E-state index in [9.17, 15) is 0 Å². The lowest BCUT2D eigenvalue weighted by Gasteiger charge is -2.37. The first-order chi connectivity index (χ1) is 11.8. The second-order valence-corrected chi connectivity index (χ2v) is 6.77. The van der Waals surface area contributed by atoms with Crippen molar-refractivity contribution in [1.82, 2.24) is 9.88 Å². The zero-order valence-electron chi connectivity index (χ0n) is 13.7. The third-order valence-corrected chi connectivity index (χ3v) is 5.18. The Morgan fingerprint density at radius 2 is 2.00 bits per heavy atom. The summed E-state index contributed by atoms with van der Waals surface area (Å²) >= 11 is 1.54. The Morgan fingerprint density at radius 1 is 1.21 bits per heavy atom. The zero-order chi connectivity index (χ0) is 16.4. The van der Waals surface area contributed by atoms with Gasteiger partial charge in [-0.2, -0.15) is 0 Å². The first-order valence-corrected chi connectivity index (χ1v) is 9.04. The van der Waals surface area contributed by atoms with Crippen LogP contribution in [0.25, 0.3) is 0 Å². The largest absolute Gasteiger partial charge is 0.486 e. The van der Waals surface area contributed by atoms with Crippen molar-refractivity contribution in [3.63, 3.8) is 0 Å². The lowest BCUT2D eigenvalue weighted by atomic mass is 10.2. The lowest BCUT2D eigenvalue weighted by molar-refractivity contribution is 0.0571. The van der Waals surface area contributed by atoms with E-state index in [1.165, 1.54) is 0 Å². The molecule has 0 amide bonds. The fourth-order valence-corrected chi connectivity index (χ4v) is 3.79. The molecule has 128 valence electrons. The normalized spacial score (nSPS) is 20.9. The molecule has 24 heavy (non-hydrogen) atoms. The highest BCUT2D eigenvalue weighted by molar-refractivity contribution is 7.12. The average molecular weight is 347 g/mol. The zero-order valence-corrected chi connectivity index (χ0v) is 14.5. The number of anilines is 1. The molecule has 1 aromatic heterocycles. The van der Waals surface area contributed by atoms with E-state index < -0.39 is 0 Å². The molecule has 0 N–H and O–H groups in total. The van der Waals surface area contributed by atoms with E-state index in [1.807, 2.05) is 29.8 Å². The molecule has 0 bridgehead atoms. The number of benzene rings is 1. The molecule has 1 aromatic carbocycles. The summed E-state index contributed by atoms with van der Waals surface area (Å²) in [6, 6.07) is 7.86. The molecule has 0 radical (unpaired) electrons. The summed E-state index contributed by atoms with van der Waals surface area (Å²) in [6.45, 7) is 5.37. The molecule has 7 heteroatoms. The van der Waals surface area contributed by atoms with Crippen LogP contribution in [-0.2, 0) is 0 Å². The van der Waals surface area contributed by atoms with Crippen molar-refractivity contribution >= 4 is 17.2 Å². The predicted molar refractivity (Wildman–Crippen MR) is 93.7 cm³/mol. The maximum Gasteiger partial charge on any atom is 0.218 e. The number of hydrogen-bond donors (Lipinski definition) is 0. The maximum absolute atomic E-state index is 6.06. The van der Waals surface area contributed by atoms with Gasteiger partial charge in [0.2, 0.25) is 5.06 Å². The number of nitrogens with zero attached hydrogens (tertiary/aromatic N) is 3. The Bertz CT molecular complexity index is 685. The van der Waals surface area contributed by atoms with E-state index in [-0.39, 0.29) is 6.10 Å². The minimum Gasteiger partial charge on any atom is -0.486 e. The standard InChI is InChI=1S/C17H21N3O3S/c1-21-17-16(18-12-24-17)20-8-6-19(7-9-20)10-13-11-22-14-4-2-3-5-15(14)23-13/h2-5,12-13H,6-11H2,1H3/t13-/m0/s1. The van der Waals surface area contributed by atoms with Crippen LogP contribution in [0.2, 0.25) is 0 Å². The second kappa shape index (κ2) is 6.86. The van der Waals surface area contributed by atoms with Crippen molar-refractivity contribution < 1.29 is 14.2 Å². The third kappa shape index (κ3) is 3.14. The van der Waals surface area contributed by atoms with Gasteiger partial charge in [-0.1, -0.05) is 23.5 Å². The first kappa shape index (κ1) is 15.5. The van der Waals surface area contributed by atoms with Crippen LogP contribution < -0.4 is 19.1 Å². The maximum atomic E-state index is 6.06. The molecular weight excluding hydrogens is 326 g/mol. The lowest BCUT2D eigenvalue weighted by Crippen LogP contribution is -2.50. The molecule has 0 aliphatic carbocycles. The van der Waals surface area contributed by atoms with Gasteiger partial charge in [-0.3, -0.25) is 4.90 Å². The van der Waals surface area contributed by atoms with Gasteiger partial charge in [-0.25, -0.2) is 4.98 Å². The highest BCUT2D eigenvalue weighted by Crippen LogP contribution is 2.32. The van der Waals surface area contributed by atoms with Gasteiger partial charge in [-0.15, -0.1) is 0 Å². The molecule has 4 rings (SSSR count). The summed E-state index contributed by atoms with van der Waals surface area (Å²) in [5, 5.41) is 0.893. The van der Waals surface area contributed by atoms with Gasteiger partial charge in [0.15, 0.2) is 17.3 Å². The Hall–Kier alpha value is -1.99. The Balaban J connectivity index is 1.31. The Labute approximate surface area is 145 Å². The number of ether oxygens (including phenoxy) is 3. The summed E-state index contributed by atoms with van der Waals surface area (Å²) in [5.74, 6) is 2.65. The minimum absolute atomic E-state index is 0.0836. The van der Waals surface area contributed by atoms with Gasteiger partial charge in [0.05, 0.1) is 12.6 Å². The van der Waals surface area contributed by atoms with Crippen molar-refractivity contribution in [2.24, 2.45) is 0 Å². The minimum atomic E-state index is 0.0836. The van der Waals surface area contributed by atoms with E-state index in [0.29, 0.717) is 6.61 Å². The van der Waals surface area contributed by atoms with Gasteiger partial charge < -0.3 is 19.1 Å². The van der Waals surface area contributed by atoms with Crippen LogP contribution in [0, 0.1) is 0 Å². The molecule has 0 spiro atoms. The monoisotopic (exact) mass is 347 g/mol. The molecule has 1 saturated heterocycles. The summed E-state index contributed by atoms with van der Waals surface area (Å²) in [5.41, 5.74) is 1.84. The third-order valence-electron chi connectivity index (χ3n) is 4.40. The molecule has 2 aliphatic rings. The Morgan fingerprint density at radius 3 is 2.79 bits per heavy atom. The van der Waals surface area contributed by atoms with Crippen molar-refractivity contribution in [2.45, 2.75) is 6.10 Å². The number of thiazole rings is 1. The highest BCUT2D eigenvalue weighted by atomic mass is 32.1. The summed E-state index contributed by atoms with van der Waals surface area (Å²) in [4.78, 5) is 9.15. The smallest absolute Gasteiger partial charge is 0.218 e. The topological polar surface area (TPSA) is 47.1 Å². The molecule has 2 aliphatic heterocycles. The fourth-order valence-electron chi connectivity index (χ4n) is 3.16. The number of rotatable bonds is 4. The SMILES string of the molecule is COc1scnc1N1CCN(C[C@H]2COc3ccccc3O2)CC1. The van der Waals surface area contributed by atoms with E-state index in [1.54, 1.807) is 18.4 Å². The summed E-state index contributed by atoms with van der Waals surface area (Å²) in [7, 11) is 1.70. The van der Waals surface area contributed by atoms with Gasteiger partial charge in [0, 0.05) is 32.7 Å². The molecule has 0 unspecified atom stereocenters. The van der Waals surface area contributed by atoms with Crippen LogP contribution in [-0.4, -0.2) is 62.4 Å². The fraction of sp³-hybridized carbons (Fsp3) is 0.471. The van der Waals surface area contributed by atoms with Crippen LogP contribution in [0.15, 0.2) is 29.8 Å². The highest BCUT2D eigenvalue weighted by Gasteiger charge is 2.26. The van der Waals surface area contributed by atoms with Gasteiger partial charge >= 0.3 is 0 Å². The second-order valence-electron chi connectivity index (χ2n) is 5.95. The number of aromatic nitrogens is 1. The molecule has 0 saturated carbocycles. The van der Waals surface area contributed by atoms with Crippen molar-refractivity contribution in [3.05, 3.63) is 29.8 Å². The molecule has 2 aromatic rings. The van der Waals surface area contributed by atoms with Gasteiger partial charge in [-0.05, 0) is 12.1 Å². The number of hydrogen-bond acceptors (Lipinski definition) is 7. The molecule has 1 atom stereocenters. The van der Waals surface area contributed by atoms with Crippen LogP contribution in [0.3, 0.4) is 0 Å². The van der Waals surface area contributed by atoms with Crippen molar-refractivity contribution in [1.29, 1.82) is 0 Å². The number of para-hydroxylation sites is 2.